The lowest BCUT2D eigenvalue weighted by Crippen LogP contribution is -2.26. The van der Waals surface area contributed by atoms with E-state index in [9.17, 15) is 4.79 Å². The van der Waals surface area contributed by atoms with Crippen LogP contribution in [0.25, 0.3) is 0 Å². The maximum Gasteiger partial charge on any atom is 0.282 e. The third-order valence-corrected chi connectivity index (χ3v) is 5.68. The number of amides is 1. The highest BCUT2D eigenvalue weighted by molar-refractivity contribution is 7.13. The van der Waals surface area contributed by atoms with Gasteiger partial charge in [-0.1, -0.05) is 6.07 Å². The van der Waals surface area contributed by atoms with E-state index in [0.717, 1.165) is 49.7 Å². The summed E-state index contributed by atoms with van der Waals surface area (Å²) in [7, 11) is 3.53. The predicted octanol–water partition coefficient (Wildman–Crippen LogP) is 2.17. The fourth-order valence-corrected chi connectivity index (χ4v) is 4.27. The number of carbonyl (C=O) groups excluding carboxylic acids is 1. The van der Waals surface area contributed by atoms with Gasteiger partial charge in [-0.2, -0.15) is 0 Å². The molecule has 6 nitrogen and oxygen atoms in total. The van der Waals surface area contributed by atoms with Crippen LogP contribution in [-0.4, -0.2) is 54.7 Å². The third kappa shape index (κ3) is 3.34. The smallest absolute Gasteiger partial charge is 0.282 e. The Kier molecular flexibility index (Phi) is 4.35. The lowest BCUT2D eigenvalue weighted by molar-refractivity contribution is 0.0827. The Morgan fingerprint density at radius 1 is 1.24 bits per heavy atom. The number of benzene rings is 1. The predicted molar refractivity (Wildman–Crippen MR) is 95.4 cm³/mol. The molecule has 4 rings (SSSR count). The number of carbonyl (C=O) groups is 1. The van der Waals surface area contributed by atoms with Gasteiger partial charge in [0.15, 0.2) is 16.5 Å². The lowest BCUT2D eigenvalue weighted by Gasteiger charge is -2.19. The summed E-state index contributed by atoms with van der Waals surface area (Å²) in [6.45, 7) is 3.11. The highest BCUT2D eigenvalue weighted by atomic mass is 32.1. The summed E-state index contributed by atoms with van der Waals surface area (Å²) in [5.41, 5.74) is 2.31. The maximum absolute atomic E-state index is 12.1. The van der Waals surface area contributed by atoms with Crippen LogP contribution in [-0.2, 0) is 19.4 Å². The first kappa shape index (κ1) is 16.4. The summed E-state index contributed by atoms with van der Waals surface area (Å²) >= 11 is 1.54. The second kappa shape index (κ2) is 6.65. The van der Waals surface area contributed by atoms with Crippen molar-refractivity contribution in [1.29, 1.82) is 0 Å². The van der Waals surface area contributed by atoms with Crippen molar-refractivity contribution in [3.63, 3.8) is 0 Å². The van der Waals surface area contributed by atoms with Gasteiger partial charge in [-0.15, -0.1) is 11.3 Å². The minimum atomic E-state index is -0.00436. The number of rotatable bonds is 3. The number of fused-ring (bicyclic) bond motifs is 2. The van der Waals surface area contributed by atoms with Crippen molar-refractivity contribution in [1.82, 2.24) is 14.8 Å². The standard InChI is InChI=1S/C18H21N3O3S/c1-20(2)18(22)17-19-13-5-7-21(8-6-16(13)25-17)10-12-3-4-14-15(9-12)24-11-23-14/h3-4,9H,5-8,10-11H2,1-2H3. The molecular formula is C18H21N3O3S. The quantitative estimate of drug-likeness (QED) is 0.841. The van der Waals surface area contributed by atoms with Crippen LogP contribution in [0, 0.1) is 0 Å². The molecule has 2 aliphatic rings. The van der Waals surface area contributed by atoms with Crippen molar-refractivity contribution in [3.05, 3.63) is 39.3 Å². The largest absolute Gasteiger partial charge is 0.454 e. The molecule has 0 bridgehead atoms. The third-order valence-electron chi connectivity index (χ3n) is 4.53. The molecular weight excluding hydrogens is 338 g/mol. The van der Waals surface area contributed by atoms with Crippen molar-refractivity contribution in [2.75, 3.05) is 34.0 Å². The molecule has 0 fully saturated rings. The van der Waals surface area contributed by atoms with Crippen molar-refractivity contribution < 1.29 is 14.3 Å². The second-order valence-corrected chi connectivity index (χ2v) is 7.64. The van der Waals surface area contributed by atoms with Crippen LogP contribution >= 0.6 is 11.3 Å². The zero-order chi connectivity index (χ0) is 17.4. The average molecular weight is 359 g/mol. The zero-order valence-corrected chi connectivity index (χ0v) is 15.3. The second-order valence-electron chi connectivity index (χ2n) is 6.55. The van der Waals surface area contributed by atoms with Crippen LogP contribution in [0.2, 0.25) is 0 Å². The fourth-order valence-electron chi connectivity index (χ4n) is 3.15. The summed E-state index contributed by atoms with van der Waals surface area (Å²) in [4.78, 5) is 21.9. The van der Waals surface area contributed by atoms with Gasteiger partial charge in [-0.3, -0.25) is 9.69 Å². The molecule has 0 aliphatic carbocycles. The molecule has 0 N–H and O–H groups in total. The van der Waals surface area contributed by atoms with Gasteiger partial charge in [-0.05, 0) is 24.1 Å². The number of ether oxygens (including phenoxy) is 2. The first-order valence-electron chi connectivity index (χ1n) is 8.41. The summed E-state index contributed by atoms with van der Waals surface area (Å²) in [6.07, 6.45) is 1.83. The molecule has 132 valence electrons. The number of hydrogen-bond acceptors (Lipinski definition) is 6. The van der Waals surface area contributed by atoms with Crippen LogP contribution in [0.5, 0.6) is 11.5 Å². The molecule has 1 amide bonds. The van der Waals surface area contributed by atoms with Crippen molar-refractivity contribution in [2.24, 2.45) is 0 Å². The summed E-state index contributed by atoms with van der Waals surface area (Å²) in [6, 6.07) is 6.14. The summed E-state index contributed by atoms with van der Waals surface area (Å²) < 4.78 is 10.8. The highest BCUT2D eigenvalue weighted by Gasteiger charge is 2.22. The molecule has 2 aliphatic heterocycles. The van der Waals surface area contributed by atoms with E-state index in [1.54, 1.807) is 30.3 Å². The molecule has 0 saturated heterocycles. The van der Waals surface area contributed by atoms with E-state index in [1.165, 1.54) is 10.4 Å². The summed E-state index contributed by atoms with van der Waals surface area (Å²) in [5, 5.41) is 0.610. The molecule has 1 aromatic carbocycles. The number of aromatic nitrogens is 1. The molecule has 2 aromatic rings. The molecule has 0 radical (unpaired) electrons. The Morgan fingerprint density at radius 3 is 2.88 bits per heavy atom. The Labute approximate surface area is 151 Å². The normalized spacial score (nSPS) is 16.4. The maximum atomic E-state index is 12.1. The van der Waals surface area contributed by atoms with E-state index < -0.39 is 0 Å². The van der Waals surface area contributed by atoms with Gasteiger partial charge in [0, 0.05) is 45.0 Å². The van der Waals surface area contributed by atoms with Gasteiger partial charge in [0.25, 0.3) is 5.91 Å². The first-order valence-corrected chi connectivity index (χ1v) is 9.23. The van der Waals surface area contributed by atoms with Crippen LogP contribution in [0.1, 0.15) is 25.9 Å². The average Bonchev–Trinajstić information content (AvgIpc) is 3.18. The van der Waals surface area contributed by atoms with Crippen LogP contribution in [0.15, 0.2) is 18.2 Å². The van der Waals surface area contributed by atoms with Crippen LogP contribution < -0.4 is 9.47 Å². The van der Waals surface area contributed by atoms with E-state index in [0.29, 0.717) is 11.8 Å². The number of nitrogens with zero attached hydrogens (tertiary/aromatic N) is 3. The van der Waals surface area contributed by atoms with E-state index >= 15 is 0 Å². The van der Waals surface area contributed by atoms with Gasteiger partial charge in [-0.25, -0.2) is 4.98 Å². The Balaban J connectivity index is 1.42. The molecule has 1 aromatic heterocycles. The van der Waals surface area contributed by atoms with Gasteiger partial charge < -0.3 is 14.4 Å². The molecule has 0 spiro atoms. The molecule has 3 heterocycles. The van der Waals surface area contributed by atoms with Gasteiger partial charge in [0.05, 0.1) is 5.69 Å². The van der Waals surface area contributed by atoms with Crippen LogP contribution in [0.4, 0.5) is 0 Å². The number of thiazole rings is 1. The fraction of sp³-hybridized carbons (Fsp3) is 0.444. The van der Waals surface area contributed by atoms with E-state index in [-0.39, 0.29) is 5.91 Å². The van der Waals surface area contributed by atoms with Crippen molar-refractivity contribution >= 4 is 17.2 Å². The summed E-state index contributed by atoms with van der Waals surface area (Å²) in [5.74, 6) is 1.65. The SMILES string of the molecule is CN(C)C(=O)c1nc2c(s1)CCN(Cc1ccc3c(c1)OCO3)CC2. The minimum Gasteiger partial charge on any atom is -0.454 e. The first-order chi connectivity index (χ1) is 12.1. The molecule has 25 heavy (non-hydrogen) atoms. The topological polar surface area (TPSA) is 54.9 Å². The Bertz CT molecular complexity index is 777. The number of hydrogen-bond donors (Lipinski definition) is 0. The van der Waals surface area contributed by atoms with Gasteiger partial charge in [0.2, 0.25) is 6.79 Å². The Hall–Kier alpha value is -2.12. The van der Waals surface area contributed by atoms with E-state index in [4.69, 9.17) is 9.47 Å². The van der Waals surface area contributed by atoms with Crippen molar-refractivity contribution in [2.45, 2.75) is 19.4 Å². The zero-order valence-electron chi connectivity index (χ0n) is 14.4. The molecule has 7 heteroatoms. The van der Waals surface area contributed by atoms with E-state index in [1.807, 2.05) is 6.07 Å². The molecule has 0 saturated carbocycles. The van der Waals surface area contributed by atoms with Gasteiger partial charge in [0.1, 0.15) is 0 Å². The van der Waals surface area contributed by atoms with Crippen LogP contribution in [0.3, 0.4) is 0 Å². The Morgan fingerprint density at radius 2 is 2.04 bits per heavy atom. The minimum absolute atomic E-state index is 0.00436. The van der Waals surface area contributed by atoms with Gasteiger partial charge >= 0.3 is 0 Å². The van der Waals surface area contributed by atoms with E-state index in [2.05, 4.69) is 22.0 Å². The molecule has 0 unspecified atom stereocenters. The van der Waals surface area contributed by atoms with Crippen molar-refractivity contribution in [3.8, 4) is 11.5 Å². The monoisotopic (exact) mass is 359 g/mol. The molecule has 0 atom stereocenters. The lowest BCUT2D eigenvalue weighted by atomic mass is 10.2. The highest BCUT2D eigenvalue weighted by Crippen LogP contribution is 2.33.